The average molecular weight is 288 g/mol. The lowest BCUT2D eigenvalue weighted by molar-refractivity contribution is -0.149. The topological polar surface area (TPSA) is 188 Å². The maximum Gasteiger partial charge on any atom is 0.469 e. The Hall–Kier alpha value is -0.870. The predicted octanol–water partition coefficient (Wildman–Crippen LogP) is -2.81. The van der Waals surface area contributed by atoms with Gasteiger partial charge in [-0.05, 0) is 0 Å². The van der Waals surface area contributed by atoms with Gasteiger partial charge in [-0.25, -0.2) is 9.36 Å². The maximum absolute atomic E-state index is 10.9. The zero-order chi connectivity index (χ0) is 15.2. The molecule has 10 nitrogen and oxygen atoms in total. The summed E-state index contributed by atoms with van der Waals surface area (Å²) < 4.78 is 21.1. The number of hydrogen-bond acceptors (Lipinski definition) is 7. The quantitative estimate of drug-likeness (QED) is 0.191. The number of carbonyl (C=O) groups excluding carboxylic acids is 1. The second-order valence-corrected chi connectivity index (χ2v) is 4.62. The molecule has 0 amide bonds. The van der Waals surface area contributed by atoms with Gasteiger partial charge in [0.1, 0.15) is 7.52 Å². The number of aliphatic hydroxyl groups excluding tert-OH is 2. The number of rotatable bonds is 9. The summed E-state index contributed by atoms with van der Waals surface area (Å²) in [4.78, 5) is 37.9. The summed E-state index contributed by atoms with van der Waals surface area (Å²) in [7, 11) is -4.84. The molecule has 0 fully saturated rings. The molecule has 0 bridgehead atoms. The van der Waals surface area contributed by atoms with E-state index in [4.69, 9.17) is 16.3 Å². The van der Waals surface area contributed by atoms with Gasteiger partial charge in [-0.2, -0.15) is 0 Å². The van der Waals surface area contributed by atoms with Crippen LogP contribution in [0.5, 0.6) is 0 Å². The number of phosphoric acid groups is 1. The minimum atomic E-state index is -4.84. The first-order valence-corrected chi connectivity index (χ1v) is 6.11. The zero-order valence-electron chi connectivity index (χ0n) is 9.96. The van der Waals surface area contributed by atoms with Crippen molar-refractivity contribution in [3.63, 3.8) is 0 Å². The third-order valence-electron chi connectivity index (χ3n) is 1.86. The van der Waals surface area contributed by atoms with E-state index in [1.807, 2.05) is 0 Å². The minimum Gasteiger partial charge on any atom is -0.476 e. The van der Waals surface area contributed by atoms with Crippen LogP contribution < -0.4 is 5.73 Å². The molecule has 0 spiro atoms. The minimum absolute atomic E-state index is 0.785. The summed E-state index contributed by atoms with van der Waals surface area (Å²) in [6.45, 7) is -0.953. The number of aliphatic hydroxyl groups is 2. The van der Waals surface area contributed by atoms with Gasteiger partial charge in [0.15, 0.2) is 0 Å². The lowest BCUT2D eigenvalue weighted by Gasteiger charge is -2.22. The first-order valence-electron chi connectivity index (χ1n) is 5.08. The fourth-order valence-electron chi connectivity index (χ4n) is 0.948. The fraction of sp³-hybridized carbons (Fsp3) is 0.714. The molecule has 0 unspecified atom stereocenters. The molecule has 0 radical (unpaired) electrons. The molecule has 11 heteroatoms. The molecule has 0 aliphatic heterocycles. The van der Waals surface area contributed by atoms with Crippen LogP contribution in [-0.4, -0.2) is 61.7 Å². The Morgan fingerprint density at radius 3 is 2.33 bits per heavy atom. The van der Waals surface area contributed by atoms with Gasteiger partial charge < -0.3 is 30.8 Å². The average Bonchev–Trinajstić information content (AvgIpc) is 2.30. The summed E-state index contributed by atoms with van der Waals surface area (Å²) in [5.41, 5.74) is 1.67. The number of nitrogens with two attached hydrogens (primary N) is 1. The Labute approximate surface area is 103 Å². The van der Waals surface area contributed by atoms with Crippen LogP contribution in [0.25, 0.3) is 0 Å². The maximum atomic E-state index is 10.9. The number of carboxylic acid groups (broad SMARTS) is 1. The molecular weight excluding hydrogens is 273 g/mol. The lowest BCUT2D eigenvalue weighted by atomic mass is 10.0. The van der Waals surface area contributed by atoms with Crippen molar-refractivity contribution in [3.8, 4) is 0 Å². The van der Waals surface area contributed by atoms with Gasteiger partial charge in [-0.3, -0.25) is 9.32 Å². The van der Waals surface area contributed by atoms with Gasteiger partial charge in [-0.15, -0.1) is 0 Å². The van der Waals surface area contributed by atoms with Crippen molar-refractivity contribution >= 4 is 19.6 Å². The number of aliphatic carboxylic acids is 1. The van der Waals surface area contributed by atoms with E-state index in [0.717, 1.165) is 0 Å². The van der Waals surface area contributed by atoms with E-state index in [1.54, 1.807) is 5.73 Å². The highest BCUT2D eigenvalue weighted by Crippen LogP contribution is 2.35. The van der Waals surface area contributed by atoms with Crippen LogP contribution >= 0.6 is 7.82 Å². The summed E-state index contributed by atoms with van der Waals surface area (Å²) in [6, 6.07) is -1.43. The molecule has 0 aliphatic rings. The Morgan fingerprint density at radius 1 is 1.39 bits per heavy atom. The SMILES string of the molecule is [2H]N[C@H](CC(=O)C(=O)O)[C@H](O)[C@H](O)COP(=O)(O)O. The molecule has 106 valence electrons. The number of hydrogen-bond donors (Lipinski definition) is 6. The second-order valence-electron chi connectivity index (χ2n) is 3.38. The highest BCUT2D eigenvalue weighted by Gasteiger charge is 2.29. The molecule has 0 rings (SSSR count). The summed E-state index contributed by atoms with van der Waals surface area (Å²) in [5, 5.41) is 27.2. The molecular formula is C7H14NO9P. The third-order valence-corrected chi connectivity index (χ3v) is 2.35. The molecule has 0 heterocycles. The Bertz CT molecular complexity index is 372. The highest BCUT2D eigenvalue weighted by atomic mass is 31.2. The fourth-order valence-corrected chi connectivity index (χ4v) is 1.29. The zero-order valence-corrected chi connectivity index (χ0v) is 9.86. The molecule has 18 heavy (non-hydrogen) atoms. The molecule has 3 atom stereocenters. The van der Waals surface area contributed by atoms with Gasteiger partial charge in [0, 0.05) is 12.5 Å². The molecule has 0 aromatic carbocycles. The van der Waals surface area contributed by atoms with E-state index in [0.29, 0.717) is 0 Å². The van der Waals surface area contributed by atoms with Crippen LogP contribution in [0.1, 0.15) is 6.42 Å². The molecule has 0 aromatic rings. The molecule has 0 aromatic heterocycles. The van der Waals surface area contributed by atoms with Crippen molar-refractivity contribution in [3.05, 3.63) is 0 Å². The smallest absolute Gasteiger partial charge is 0.469 e. The van der Waals surface area contributed by atoms with Gasteiger partial charge in [0.25, 0.3) is 0 Å². The summed E-state index contributed by atoms with van der Waals surface area (Å²) in [5.74, 6) is -3.07. The van der Waals surface area contributed by atoms with Gasteiger partial charge in [0.2, 0.25) is 5.78 Å². The standard InChI is InChI=1S/C7H14NO9P/c8-3(1-4(9)7(12)13)6(11)5(10)2-17-18(14,15)16/h3,5-6,10-11H,1-2,8H2,(H,12,13)(H2,14,15,16)/t3-,5-,6+/m1/s1/i/hD. The number of ketones is 1. The largest absolute Gasteiger partial charge is 0.476 e. The molecule has 0 aliphatic carbocycles. The first kappa shape index (κ1) is 15.2. The van der Waals surface area contributed by atoms with E-state index in [9.17, 15) is 24.4 Å². The molecule has 0 saturated heterocycles. The monoisotopic (exact) mass is 288 g/mol. The van der Waals surface area contributed by atoms with Crippen LogP contribution in [0.2, 0.25) is 1.41 Å². The highest BCUT2D eigenvalue weighted by molar-refractivity contribution is 7.46. The van der Waals surface area contributed by atoms with E-state index in [-0.39, 0.29) is 0 Å². The Morgan fingerprint density at radius 2 is 1.94 bits per heavy atom. The van der Waals surface area contributed by atoms with E-state index in [1.165, 1.54) is 0 Å². The number of phosphoric ester groups is 1. The van der Waals surface area contributed by atoms with Gasteiger partial charge in [0.05, 0.1) is 12.7 Å². The first-order chi connectivity index (χ1) is 8.58. The number of carbonyl (C=O) groups is 2. The third kappa shape index (κ3) is 6.77. The van der Waals surface area contributed by atoms with Crippen molar-refractivity contribution in [1.29, 1.82) is 0 Å². The van der Waals surface area contributed by atoms with Gasteiger partial charge in [-0.1, -0.05) is 0 Å². The van der Waals surface area contributed by atoms with Crippen LogP contribution in [0, 0.1) is 0 Å². The summed E-state index contributed by atoms with van der Waals surface area (Å²) >= 11 is 0. The number of Topliss-reactive ketones (excluding diaryl/α,β-unsaturated/α-hetero) is 1. The van der Waals surface area contributed by atoms with E-state index < -0.39 is 50.9 Å². The van der Waals surface area contributed by atoms with Crippen molar-refractivity contribution in [1.82, 2.24) is 0 Å². The van der Waals surface area contributed by atoms with E-state index in [2.05, 4.69) is 4.52 Å². The Kier molecular flexibility index (Phi) is 5.82. The van der Waals surface area contributed by atoms with Crippen molar-refractivity contribution in [2.75, 3.05) is 6.61 Å². The van der Waals surface area contributed by atoms with Crippen LogP contribution in [0.3, 0.4) is 0 Å². The second kappa shape index (κ2) is 6.90. The van der Waals surface area contributed by atoms with Crippen molar-refractivity contribution < 1.29 is 45.2 Å². The normalized spacial score (nSPS) is 17.7. The van der Waals surface area contributed by atoms with Crippen LogP contribution in [-0.2, 0) is 18.7 Å². The van der Waals surface area contributed by atoms with Crippen LogP contribution in [0.4, 0.5) is 0 Å². The molecule has 0 saturated carbocycles. The van der Waals surface area contributed by atoms with Gasteiger partial charge >= 0.3 is 13.8 Å². The number of carboxylic acids is 1. The van der Waals surface area contributed by atoms with Crippen molar-refractivity contribution in [2.45, 2.75) is 24.7 Å². The van der Waals surface area contributed by atoms with Crippen LogP contribution in [0.15, 0.2) is 0 Å². The van der Waals surface area contributed by atoms with Crippen molar-refractivity contribution in [2.24, 2.45) is 5.73 Å². The molecule has 7 N–H and O–H groups in total. The Balaban J connectivity index is 4.48. The summed E-state index contributed by atoms with van der Waals surface area (Å²) in [6.07, 6.45) is -4.43. The van der Waals surface area contributed by atoms with E-state index >= 15 is 0 Å². The lowest BCUT2D eigenvalue weighted by Crippen LogP contribution is -2.46. The predicted molar refractivity (Wildman–Crippen MR) is 55.2 cm³/mol.